The first kappa shape index (κ1) is 14.4. The zero-order chi connectivity index (χ0) is 15.7. The monoisotopic (exact) mass is 298 g/mol. The van der Waals surface area contributed by atoms with Crippen LogP contribution in [0.3, 0.4) is 0 Å². The summed E-state index contributed by atoms with van der Waals surface area (Å²) >= 11 is 0. The van der Waals surface area contributed by atoms with Crippen LogP contribution in [0.1, 0.15) is 32.0 Å². The van der Waals surface area contributed by atoms with Crippen molar-refractivity contribution in [2.24, 2.45) is 11.8 Å². The van der Waals surface area contributed by atoms with Crippen LogP contribution >= 0.6 is 0 Å². The molecule has 2 heterocycles. The molecular weight excluding hydrogens is 280 g/mol. The molecule has 1 amide bonds. The maximum absolute atomic E-state index is 12.0. The lowest BCUT2D eigenvalue weighted by atomic mass is 10.2. The van der Waals surface area contributed by atoms with Gasteiger partial charge < -0.3 is 10.3 Å². The van der Waals surface area contributed by atoms with Crippen molar-refractivity contribution in [2.75, 3.05) is 0 Å². The fourth-order valence-corrected chi connectivity index (χ4v) is 2.40. The van der Waals surface area contributed by atoms with E-state index in [1.165, 1.54) is 6.07 Å². The van der Waals surface area contributed by atoms with Crippen LogP contribution in [0.15, 0.2) is 35.3 Å². The van der Waals surface area contributed by atoms with Crippen LogP contribution in [-0.4, -0.2) is 20.9 Å². The van der Waals surface area contributed by atoms with E-state index in [-0.39, 0.29) is 23.4 Å². The predicted octanol–water partition coefficient (Wildman–Crippen LogP) is 1.67. The summed E-state index contributed by atoms with van der Waals surface area (Å²) in [5.41, 5.74) is 0.869. The van der Waals surface area contributed by atoms with E-state index < -0.39 is 0 Å². The molecule has 1 aliphatic rings. The molecular formula is C16H18N4O2. The molecule has 0 aromatic carbocycles. The average Bonchev–Trinajstić information content (AvgIpc) is 3.24. The molecule has 2 aromatic rings. The first-order chi connectivity index (χ1) is 10.5. The minimum absolute atomic E-state index is 0.0291. The maximum atomic E-state index is 12.0. The number of amides is 1. The Bertz CT molecular complexity index is 741. The van der Waals surface area contributed by atoms with Gasteiger partial charge >= 0.3 is 0 Å². The molecule has 6 nitrogen and oxygen atoms in total. The third-order valence-electron chi connectivity index (χ3n) is 3.92. The Balaban J connectivity index is 1.83. The zero-order valence-corrected chi connectivity index (χ0v) is 12.5. The molecule has 0 spiro atoms. The lowest BCUT2D eigenvalue weighted by Crippen LogP contribution is -2.30. The average molecular weight is 298 g/mol. The number of pyridine rings is 1. The van der Waals surface area contributed by atoms with E-state index >= 15 is 0 Å². The van der Waals surface area contributed by atoms with Crippen LogP contribution in [-0.2, 0) is 4.79 Å². The summed E-state index contributed by atoms with van der Waals surface area (Å²) < 4.78 is 0. The van der Waals surface area contributed by atoms with Crippen molar-refractivity contribution < 1.29 is 4.79 Å². The summed E-state index contributed by atoms with van der Waals surface area (Å²) in [6.45, 7) is 3.88. The quantitative estimate of drug-likeness (QED) is 0.898. The van der Waals surface area contributed by atoms with Crippen molar-refractivity contribution in [3.05, 3.63) is 46.5 Å². The molecule has 0 bridgehead atoms. The van der Waals surface area contributed by atoms with Gasteiger partial charge in [0, 0.05) is 18.2 Å². The Morgan fingerprint density at radius 1 is 1.45 bits per heavy atom. The topological polar surface area (TPSA) is 87.7 Å². The number of carbonyl (C=O) groups excluding carboxylic acids is 1. The third kappa shape index (κ3) is 3.05. The van der Waals surface area contributed by atoms with Crippen molar-refractivity contribution in [1.29, 1.82) is 0 Å². The Kier molecular flexibility index (Phi) is 3.75. The summed E-state index contributed by atoms with van der Waals surface area (Å²) in [6, 6.07) is 6.50. The lowest BCUT2D eigenvalue weighted by Gasteiger charge is -2.14. The van der Waals surface area contributed by atoms with Crippen LogP contribution in [0.25, 0.3) is 11.5 Å². The molecule has 2 N–H and O–H groups in total. The second-order valence-corrected chi connectivity index (χ2v) is 5.78. The Morgan fingerprint density at radius 2 is 2.23 bits per heavy atom. The number of hydrogen-bond acceptors (Lipinski definition) is 4. The lowest BCUT2D eigenvalue weighted by molar-refractivity contribution is -0.123. The molecule has 3 atom stereocenters. The SMILES string of the molecule is C[C@H](NC(=O)[C@H]1C[C@@H]1C)c1cc(=O)[nH]c(-c2ccccn2)n1. The number of aromatic nitrogens is 3. The van der Waals surface area contributed by atoms with Gasteiger partial charge in [0.15, 0.2) is 5.82 Å². The molecule has 1 aliphatic carbocycles. The van der Waals surface area contributed by atoms with E-state index in [2.05, 4.69) is 27.2 Å². The van der Waals surface area contributed by atoms with E-state index in [4.69, 9.17) is 0 Å². The van der Waals surface area contributed by atoms with Gasteiger partial charge in [0.2, 0.25) is 5.91 Å². The minimum atomic E-state index is -0.315. The Morgan fingerprint density at radius 3 is 2.86 bits per heavy atom. The van der Waals surface area contributed by atoms with Crippen molar-refractivity contribution in [1.82, 2.24) is 20.3 Å². The molecule has 0 saturated heterocycles. The van der Waals surface area contributed by atoms with Crippen molar-refractivity contribution in [3.8, 4) is 11.5 Å². The van der Waals surface area contributed by atoms with E-state index in [0.717, 1.165) is 6.42 Å². The fourth-order valence-electron chi connectivity index (χ4n) is 2.40. The molecule has 1 fully saturated rings. The normalized spacial score (nSPS) is 21.2. The molecule has 0 unspecified atom stereocenters. The minimum Gasteiger partial charge on any atom is -0.348 e. The number of nitrogens with zero attached hydrogens (tertiary/aromatic N) is 2. The van der Waals surface area contributed by atoms with Crippen LogP contribution < -0.4 is 10.9 Å². The van der Waals surface area contributed by atoms with Crippen LogP contribution in [0.5, 0.6) is 0 Å². The summed E-state index contributed by atoms with van der Waals surface area (Å²) in [6.07, 6.45) is 2.57. The summed E-state index contributed by atoms with van der Waals surface area (Å²) in [4.78, 5) is 35.1. The predicted molar refractivity (Wildman–Crippen MR) is 81.9 cm³/mol. The smallest absolute Gasteiger partial charge is 0.251 e. The Hall–Kier alpha value is -2.50. The molecule has 3 rings (SSSR count). The van der Waals surface area contributed by atoms with Crippen molar-refractivity contribution >= 4 is 5.91 Å². The summed E-state index contributed by atoms with van der Waals surface area (Å²) in [5, 5.41) is 2.92. The number of aromatic amines is 1. The van der Waals surface area contributed by atoms with Crippen LogP contribution in [0.2, 0.25) is 0 Å². The number of hydrogen-bond donors (Lipinski definition) is 2. The first-order valence-electron chi connectivity index (χ1n) is 7.37. The van der Waals surface area contributed by atoms with Crippen molar-refractivity contribution in [3.63, 3.8) is 0 Å². The van der Waals surface area contributed by atoms with Gasteiger partial charge in [0.25, 0.3) is 5.56 Å². The number of carbonyl (C=O) groups is 1. The zero-order valence-electron chi connectivity index (χ0n) is 12.5. The highest BCUT2D eigenvalue weighted by Gasteiger charge is 2.39. The molecule has 22 heavy (non-hydrogen) atoms. The first-order valence-corrected chi connectivity index (χ1v) is 7.37. The van der Waals surface area contributed by atoms with Crippen molar-refractivity contribution in [2.45, 2.75) is 26.3 Å². The van der Waals surface area contributed by atoms with E-state index in [0.29, 0.717) is 23.1 Å². The number of nitrogens with one attached hydrogen (secondary N) is 2. The van der Waals surface area contributed by atoms with Gasteiger partial charge in [-0.1, -0.05) is 13.0 Å². The van der Waals surface area contributed by atoms with Crippen LogP contribution in [0, 0.1) is 11.8 Å². The highest BCUT2D eigenvalue weighted by Crippen LogP contribution is 2.38. The summed E-state index contributed by atoms with van der Waals surface area (Å²) in [7, 11) is 0. The molecule has 114 valence electrons. The van der Waals surface area contributed by atoms with Gasteiger partial charge in [-0.3, -0.25) is 14.6 Å². The highest BCUT2D eigenvalue weighted by atomic mass is 16.2. The maximum Gasteiger partial charge on any atom is 0.251 e. The second kappa shape index (κ2) is 5.71. The standard InChI is InChI=1S/C16H18N4O2/c1-9-7-11(9)16(22)18-10(2)13-8-14(21)20-15(19-13)12-5-3-4-6-17-12/h3-6,8-11H,7H2,1-2H3,(H,18,22)(H,19,20,21)/t9-,10-,11-/m0/s1. The van der Waals surface area contributed by atoms with E-state index in [9.17, 15) is 9.59 Å². The van der Waals surface area contributed by atoms with Gasteiger partial charge in [0.1, 0.15) is 5.69 Å². The molecule has 0 radical (unpaired) electrons. The summed E-state index contributed by atoms with van der Waals surface area (Å²) in [5.74, 6) is 0.980. The molecule has 1 saturated carbocycles. The van der Waals surface area contributed by atoms with Crippen LogP contribution in [0.4, 0.5) is 0 Å². The van der Waals surface area contributed by atoms with Gasteiger partial charge in [-0.25, -0.2) is 4.98 Å². The Labute approximate surface area is 128 Å². The van der Waals surface area contributed by atoms with Gasteiger partial charge in [-0.05, 0) is 31.4 Å². The third-order valence-corrected chi connectivity index (χ3v) is 3.92. The van der Waals surface area contributed by atoms with Gasteiger partial charge in [0.05, 0.1) is 11.7 Å². The largest absolute Gasteiger partial charge is 0.348 e. The van der Waals surface area contributed by atoms with E-state index in [1.807, 2.05) is 13.0 Å². The number of rotatable bonds is 4. The highest BCUT2D eigenvalue weighted by molar-refractivity contribution is 5.81. The second-order valence-electron chi connectivity index (χ2n) is 5.78. The van der Waals surface area contributed by atoms with E-state index in [1.54, 1.807) is 18.3 Å². The fraction of sp³-hybridized carbons (Fsp3) is 0.375. The van der Waals surface area contributed by atoms with Gasteiger partial charge in [-0.15, -0.1) is 0 Å². The number of H-pyrrole nitrogens is 1. The van der Waals surface area contributed by atoms with Gasteiger partial charge in [-0.2, -0.15) is 0 Å². The molecule has 0 aliphatic heterocycles. The molecule has 2 aromatic heterocycles. The molecule has 6 heteroatoms.